The summed E-state index contributed by atoms with van der Waals surface area (Å²) in [6, 6.07) is 9.12. The van der Waals surface area contributed by atoms with Gasteiger partial charge in [-0.25, -0.2) is 0 Å². The summed E-state index contributed by atoms with van der Waals surface area (Å²) >= 11 is 5.89. The van der Waals surface area contributed by atoms with Crippen LogP contribution in [0.3, 0.4) is 0 Å². The van der Waals surface area contributed by atoms with Gasteiger partial charge in [0.05, 0.1) is 9.95 Å². The van der Waals surface area contributed by atoms with Crippen molar-refractivity contribution in [2.75, 3.05) is 6.79 Å². The van der Waals surface area contributed by atoms with Gasteiger partial charge < -0.3 is 14.2 Å². The molecule has 0 saturated heterocycles. The number of hydrogen-bond acceptors (Lipinski definition) is 6. The molecule has 0 aliphatic carbocycles. The van der Waals surface area contributed by atoms with Crippen LogP contribution in [-0.4, -0.2) is 17.7 Å². The highest BCUT2D eigenvalue weighted by Crippen LogP contribution is 2.33. The molecule has 8 heteroatoms. The van der Waals surface area contributed by atoms with E-state index in [1.807, 2.05) is 12.1 Å². The maximum absolute atomic E-state index is 11.9. The molecule has 0 amide bonds. The fourth-order valence-corrected chi connectivity index (χ4v) is 2.42. The van der Waals surface area contributed by atoms with E-state index in [4.69, 9.17) is 25.8 Å². The van der Waals surface area contributed by atoms with Crippen LogP contribution in [0.5, 0.6) is 17.2 Å². The van der Waals surface area contributed by atoms with Crippen molar-refractivity contribution in [3.63, 3.8) is 0 Å². The molecular formula is C16H12ClNO6. The number of ether oxygens (including phenoxy) is 3. The molecule has 0 fully saturated rings. The minimum Gasteiger partial charge on any atom is -0.454 e. The molecule has 1 aliphatic rings. The van der Waals surface area contributed by atoms with Crippen LogP contribution in [0, 0.1) is 10.1 Å². The highest BCUT2D eigenvalue weighted by Gasteiger charge is 2.15. The monoisotopic (exact) mass is 349 g/mol. The van der Waals surface area contributed by atoms with Crippen molar-refractivity contribution in [3.8, 4) is 17.2 Å². The molecule has 124 valence electrons. The first kappa shape index (κ1) is 16.1. The van der Waals surface area contributed by atoms with Gasteiger partial charge >= 0.3 is 5.97 Å². The summed E-state index contributed by atoms with van der Waals surface area (Å²) in [6.07, 6.45) is 0.590. The Labute approximate surface area is 141 Å². The van der Waals surface area contributed by atoms with Gasteiger partial charge in [0.2, 0.25) is 6.79 Å². The van der Waals surface area contributed by atoms with Crippen LogP contribution < -0.4 is 14.2 Å². The molecule has 0 unspecified atom stereocenters. The summed E-state index contributed by atoms with van der Waals surface area (Å²) in [5, 5.41) is 10.7. The Morgan fingerprint density at radius 3 is 2.75 bits per heavy atom. The largest absolute Gasteiger partial charge is 0.454 e. The molecule has 0 spiro atoms. The predicted molar refractivity (Wildman–Crippen MR) is 84.6 cm³/mol. The summed E-state index contributed by atoms with van der Waals surface area (Å²) in [6.45, 7) is 0.194. The molecule has 0 radical (unpaired) electrons. The van der Waals surface area contributed by atoms with E-state index in [2.05, 4.69) is 0 Å². The molecule has 1 aliphatic heterocycles. The highest BCUT2D eigenvalue weighted by atomic mass is 35.5. The van der Waals surface area contributed by atoms with E-state index in [0.717, 1.165) is 11.6 Å². The third-order valence-corrected chi connectivity index (χ3v) is 3.70. The van der Waals surface area contributed by atoms with Crippen molar-refractivity contribution in [1.29, 1.82) is 0 Å². The summed E-state index contributed by atoms with van der Waals surface area (Å²) in [4.78, 5) is 22.0. The summed E-state index contributed by atoms with van der Waals surface area (Å²) in [7, 11) is 0. The molecule has 0 saturated carbocycles. The number of carbonyl (C=O) groups is 1. The second kappa shape index (κ2) is 6.76. The van der Waals surface area contributed by atoms with Crippen molar-refractivity contribution in [1.82, 2.24) is 0 Å². The van der Waals surface area contributed by atoms with Gasteiger partial charge in [-0.2, -0.15) is 0 Å². The van der Waals surface area contributed by atoms with Crippen molar-refractivity contribution in [3.05, 3.63) is 57.1 Å². The van der Waals surface area contributed by atoms with Gasteiger partial charge in [-0.05, 0) is 30.2 Å². The number of esters is 1. The van der Waals surface area contributed by atoms with Gasteiger partial charge in [-0.15, -0.1) is 0 Å². The van der Waals surface area contributed by atoms with Crippen LogP contribution in [0.15, 0.2) is 36.4 Å². The van der Waals surface area contributed by atoms with Gasteiger partial charge in [0, 0.05) is 18.6 Å². The molecule has 0 atom stereocenters. The number of carbonyl (C=O) groups excluding carboxylic acids is 1. The Kier molecular flexibility index (Phi) is 4.52. The Balaban J connectivity index is 1.59. The number of nitrogens with zero attached hydrogens (tertiary/aromatic N) is 1. The number of nitro benzene ring substituents is 1. The average molecular weight is 350 g/mol. The zero-order chi connectivity index (χ0) is 17.1. The molecule has 2 aromatic rings. The third kappa shape index (κ3) is 3.57. The smallest absolute Gasteiger partial charge is 0.311 e. The van der Waals surface area contributed by atoms with Crippen LogP contribution in [0.2, 0.25) is 5.02 Å². The number of nitro groups is 1. The number of fused-ring (bicyclic) bond motifs is 1. The summed E-state index contributed by atoms with van der Waals surface area (Å²) < 4.78 is 15.6. The van der Waals surface area contributed by atoms with Crippen LogP contribution in [0.4, 0.5) is 5.69 Å². The number of hydrogen-bond donors (Lipinski definition) is 0. The predicted octanol–water partition coefficient (Wildman–Crippen LogP) is 3.52. The molecule has 24 heavy (non-hydrogen) atoms. The molecule has 0 bridgehead atoms. The third-order valence-electron chi connectivity index (χ3n) is 3.40. The number of benzene rings is 2. The van der Waals surface area contributed by atoms with Gasteiger partial charge in [-0.1, -0.05) is 17.7 Å². The minimum absolute atomic E-state index is 0.0145. The lowest BCUT2D eigenvalue weighted by Crippen LogP contribution is -2.09. The number of halogens is 1. The zero-order valence-electron chi connectivity index (χ0n) is 12.4. The van der Waals surface area contributed by atoms with Crippen molar-refractivity contribution in [2.24, 2.45) is 0 Å². The van der Waals surface area contributed by atoms with E-state index in [0.29, 0.717) is 17.9 Å². The first-order chi connectivity index (χ1) is 11.5. The Morgan fingerprint density at radius 2 is 2.00 bits per heavy atom. The van der Waals surface area contributed by atoms with Crippen LogP contribution in [-0.2, 0) is 11.2 Å². The fraction of sp³-hybridized carbons (Fsp3) is 0.188. The van der Waals surface area contributed by atoms with Crippen molar-refractivity contribution >= 4 is 23.3 Å². The van der Waals surface area contributed by atoms with Crippen LogP contribution in [0.25, 0.3) is 0 Å². The molecule has 1 heterocycles. The molecule has 3 rings (SSSR count). The van der Waals surface area contributed by atoms with E-state index in [-0.39, 0.29) is 29.7 Å². The van der Waals surface area contributed by atoms with E-state index in [9.17, 15) is 14.9 Å². The first-order valence-corrected chi connectivity index (χ1v) is 7.44. The second-order valence-corrected chi connectivity index (χ2v) is 5.44. The fourth-order valence-electron chi connectivity index (χ4n) is 2.20. The minimum atomic E-state index is -0.572. The molecule has 0 aromatic heterocycles. The SMILES string of the molecule is O=C(CCc1ccc2c(c1)OCO2)Oc1ccc([N+](=O)[O-])cc1Cl. The van der Waals surface area contributed by atoms with Gasteiger partial charge in [0.1, 0.15) is 5.75 Å². The summed E-state index contributed by atoms with van der Waals surface area (Å²) in [5.74, 6) is 0.944. The van der Waals surface area contributed by atoms with E-state index < -0.39 is 10.9 Å². The summed E-state index contributed by atoms with van der Waals surface area (Å²) in [5.41, 5.74) is 0.742. The lowest BCUT2D eigenvalue weighted by Gasteiger charge is -2.06. The van der Waals surface area contributed by atoms with Crippen LogP contribution >= 0.6 is 11.6 Å². The number of non-ortho nitro benzene ring substituents is 1. The average Bonchev–Trinajstić information content (AvgIpc) is 3.02. The van der Waals surface area contributed by atoms with Crippen LogP contribution in [0.1, 0.15) is 12.0 Å². The molecule has 0 N–H and O–H groups in total. The maximum Gasteiger partial charge on any atom is 0.311 e. The normalized spacial score (nSPS) is 12.0. The second-order valence-electron chi connectivity index (χ2n) is 5.03. The standard InChI is InChI=1S/C16H12ClNO6/c17-12-8-11(18(20)21)3-5-13(12)24-16(19)6-2-10-1-4-14-15(7-10)23-9-22-14/h1,3-5,7-8H,2,6,9H2. The van der Waals surface area contributed by atoms with Gasteiger partial charge in [-0.3, -0.25) is 14.9 Å². The zero-order valence-corrected chi connectivity index (χ0v) is 13.1. The Bertz CT molecular complexity index is 807. The lowest BCUT2D eigenvalue weighted by molar-refractivity contribution is -0.384. The molecule has 7 nitrogen and oxygen atoms in total. The lowest BCUT2D eigenvalue weighted by atomic mass is 10.1. The van der Waals surface area contributed by atoms with Crippen molar-refractivity contribution < 1.29 is 23.9 Å². The quantitative estimate of drug-likeness (QED) is 0.355. The highest BCUT2D eigenvalue weighted by molar-refractivity contribution is 6.32. The maximum atomic E-state index is 11.9. The van der Waals surface area contributed by atoms with Crippen molar-refractivity contribution in [2.45, 2.75) is 12.8 Å². The first-order valence-electron chi connectivity index (χ1n) is 7.06. The Morgan fingerprint density at radius 1 is 1.21 bits per heavy atom. The van der Waals surface area contributed by atoms with Gasteiger partial charge in [0.25, 0.3) is 5.69 Å². The van der Waals surface area contributed by atoms with E-state index in [1.54, 1.807) is 6.07 Å². The van der Waals surface area contributed by atoms with Gasteiger partial charge in [0.15, 0.2) is 11.5 Å². The molecular weight excluding hydrogens is 338 g/mol. The Hall–Kier alpha value is -2.80. The van der Waals surface area contributed by atoms with E-state index in [1.165, 1.54) is 12.1 Å². The number of rotatable bonds is 5. The van der Waals surface area contributed by atoms with E-state index >= 15 is 0 Å². The number of aryl methyl sites for hydroxylation is 1. The molecule has 2 aromatic carbocycles. The topological polar surface area (TPSA) is 87.9 Å².